The van der Waals surface area contributed by atoms with Gasteiger partial charge in [-0.05, 0) is 0 Å². The molecule has 0 N–H and O–H groups in total. The van der Waals surface area contributed by atoms with Gasteiger partial charge < -0.3 is 0 Å². The second-order valence-corrected chi connectivity index (χ2v) is 3.94. The molecule has 76 valence electrons. The first-order chi connectivity index (χ1) is 7.29. The number of carbonyl (C=O) groups excluding carboxylic acids is 1. The van der Waals surface area contributed by atoms with Crippen molar-refractivity contribution in [3.8, 4) is 0 Å². The van der Waals surface area contributed by atoms with Crippen LogP contribution in [0.25, 0.3) is 6.08 Å². The van der Waals surface area contributed by atoms with Crippen molar-refractivity contribution < 1.29 is 4.79 Å². The Bertz CT molecular complexity index is 524. The molecule has 2 rings (SSSR count). The Kier molecular flexibility index (Phi) is 2.91. The van der Waals surface area contributed by atoms with E-state index in [9.17, 15) is 4.79 Å². The summed E-state index contributed by atoms with van der Waals surface area (Å²) in [6, 6.07) is 0. The average molecular weight is 219 g/mol. The number of rotatable bonds is 3. The maximum atomic E-state index is 11.1. The van der Waals surface area contributed by atoms with Crippen molar-refractivity contribution in [2.45, 2.75) is 5.16 Å². The topological polar surface area (TPSA) is 55.2 Å². The van der Waals surface area contributed by atoms with Crippen LogP contribution >= 0.6 is 11.8 Å². The molecule has 1 aromatic rings. The zero-order valence-electron chi connectivity index (χ0n) is 8.01. The smallest absolute Gasteiger partial charge is 0.188 e. The molecule has 0 bridgehead atoms. The standard InChI is InChI=1S/C10H9N3OS/c1-2-3-15-10-12-6-9-8(13-10)4-7(14)5-11-9/h2,4,6H,1,3,5H2. The molecule has 2 heterocycles. The van der Waals surface area contributed by atoms with Gasteiger partial charge in [-0.3, -0.25) is 9.79 Å². The molecule has 0 aliphatic carbocycles. The summed E-state index contributed by atoms with van der Waals surface area (Å²) in [5.74, 6) is 0.741. The minimum absolute atomic E-state index is 0.0131. The van der Waals surface area contributed by atoms with Crippen molar-refractivity contribution in [2.75, 3.05) is 12.3 Å². The number of thioether (sulfide) groups is 1. The van der Waals surface area contributed by atoms with Gasteiger partial charge in [-0.25, -0.2) is 9.97 Å². The number of fused-ring (bicyclic) bond motifs is 1. The van der Waals surface area contributed by atoms with Crippen molar-refractivity contribution >= 4 is 23.6 Å². The van der Waals surface area contributed by atoms with Gasteiger partial charge in [0.1, 0.15) is 11.9 Å². The molecule has 1 aromatic heterocycles. The highest BCUT2D eigenvalue weighted by atomic mass is 32.2. The zero-order chi connectivity index (χ0) is 10.7. The first-order valence-electron chi connectivity index (χ1n) is 4.45. The van der Waals surface area contributed by atoms with Gasteiger partial charge in [-0.1, -0.05) is 17.8 Å². The number of carbonyl (C=O) groups is 1. The SMILES string of the molecule is C=CCSc1ncc2c(n1)=CC(=O)CN=2. The Morgan fingerprint density at radius 1 is 1.60 bits per heavy atom. The van der Waals surface area contributed by atoms with E-state index in [-0.39, 0.29) is 12.3 Å². The van der Waals surface area contributed by atoms with Crippen molar-refractivity contribution in [3.05, 3.63) is 29.6 Å². The Morgan fingerprint density at radius 2 is 2.47 bits per heavy atom. The Morgan fingerprint density at radius 3 is 3.27 bits per heavy atom. The monoisotopic (exact) mass is 219 g/mol. The van der Waals surface area contributed by atoms with E-state index in [2.05, 4.69) is 21.5 Å². The molecule has 0 unspecified atom stereocenters. The third-order valence-corrected chi connectivity index (χ3v) is 2.67. The molecule has 1 aliphatic rings. The summed E-state index contributed by atoms with van der Waals surface area (Å²) < 4.78 is 0. The highest BCUT2D eigenvalue weighted by molar-refractivity contribution is 7.99. The Labute approximate surface area is 90.9 Å². The fraction of sp³-hybridized carbons (Fsp3) is 0.200. The maximum absolute atomic E-state index is 11.1. The van der Waals surface area contributed by atoms with E-state index in [1.807, 2.05) is 0 Å². The number of ketones is 1. The minimum atomic E-state index is -0.0131. The maximum Gasteiger partial charge on any atom is 0.188 e. The molecule has 15 heavy (non-hydrogen) atoms. The summed E-state index contributed by atoms with van der Waals surface area (Å²) in [7, 11) is 0. The number of hydrogen-bond acceptors (Lipinski definition) is 5. The van der Waals surface area contributed by atoms with Crippen LogP contribution in [0, 0.1) is 0 Å². The summed E-state index contributed by atoms with van der Waals surface area (Å²) >= 11 is 1.48. The van der Waals surface area contributed by atoms with Crippen LogP contribution in [-0.2, 0) is 4.79 Å². The summed E-state index contributed by atoms with van der Waals surface area (Å²) in [5, 5.41) is 1.96. The van der Waals surface area contributed by atoms with Gasteiger partial charge in [-0.2, -0.15) is 0 Å². The third-order valence-electron chi connectivity index (χ3n) is 1.81. The van der Waals surface area contributed by atoms with Crippen LogP contribution in [-0.4, -0.2) is 28.0 Å². The molecule has 0 fully saturated rings. The molecule has 0 aromatic carbocycles. The van der Waals surface area contributed by atoms with Gasteiger partial charge in [0.05, 0.1) is 11.5 Å². The van der Waals surface area contributed by atoms with E-state index >= 15 is 0 Å². The average Bonchev–Trinajstić information content (AvgIpc) is 2.25. The summed E-state index contributed by atoms with van der Waals surface area (Å²) in [5.41, 5.74) is 0. The second-order valence-electron chi connectivity index (χ2n) is 2.95. The van der Waals surface area contributed by atoms with Crippen LogP contribution in [0.1, 0.15) is 0 Å². The van der Waals surface area contributed by atoms with Crippen molar-refractivity contribution in [2.24, 2.45) is 4.99 Å². The lowest BCUT2D eigenvalue weighted by Gasteiger charge is -2.00. The Balaban J connectivity index is 2.41. The molecule has 0 saturated heterocycles. The predicted octanol–water partition coefficient (Wildman–Crippen LogP) is -0.262. The molecule has 0 saturated carbocycles. The van der Waals surface area contributed by atoms with Crippen molar-refractivity contribution in [3.63, 3.8) is 0 Å². The first-order valence-corrected chi connectivity index (χ1v) is 5.44. The quantitative estimate of drug-likeness (QED) is 0.399. The molecular weight excluding hydrogens is 210 g/mol. The molecule has 0 atom stereocenters. The van der Waals surface area contributed by atoms with E-state index in [4.69, 9.17) is 0 Å². The fourth-order valence-electron chi connectivity index (χ4n) is 1.16. The van der Waals surface area contributed by atoms with Gasteiger partial charge in [0, 0.05) is 11.8 Å². The van der Waals surface area contributed by atoms with E-state index in [0.717, 1.165) is 5.75 Å². The van der Waals surface area contributed by atoms with Crippen LogP contribution in [0.15, 0.2) is 29.0 Å². The molecular formula is C10H9N3OS. The summed E-state index contributed by atoms with van der Waals surface area (Å²) in [6.07, 6.45) is 4.95. The lowest BCUT2D eigenvalue weighted by atomic mass is 10.3. The highest BCUT2D eigenvalue weighted by Crippen LogP contribution is 2.08. The van der Waals surface area contributed by atoms with Crippen molar-refractivity contribution in [1.82, 2.24) is 9.97 Å². The summed E-state index contributed by atoms with van der Waals surface area (Å²) in [4.78, 5) is 23.5. The number of aromatic nitrogens is 2. The van der Waals surface area contributed by atoms with Crippen LogP contribution in [0.3, 0.4) is 0 Å². The van der Waals surface area contributed by atoms with Crippen LogP contribution in [0.2, 0.25) is 0 Å². The fourth-order valence-corrected chi connectivity index (χ4v) is 1.72. The number of hydrogen-bond donors (Lipinski definition) is 0. The van der Waals surface area contributed by atoms with Crippen LogP contribution in [0.4, 0.5) is 0 Å². The lowest BCUT2D eigenvalue weighted by Crippen LogP contribution is -2.35. The van der Waals surface area contributed by atoms with Gasteiger partial charge in [-0.15, -0.1) is 6.58 Å². The molecule has 5 heteroatoms. The normalized spacial score (nSPS) is 13.7. The zero-order valence-corrected chi connectivity index (χ0v) is 8.83. The molecule has 0 spiro atoms. The molecule has 0 amide bonds. The third kappa shape index (κ3) is 2.30. The van der Waals surface area contributed by atoms with Gasteiger partial charge in [0.15, 0.2) is 10.9 Å². The molecule has 0 radical (unpaired) electrons. The van der Waals surface area contributed by atoms with E-state index in [1.165, 1.54) is 17.8 Å². The highest BCUT2D eigenvalue weighted by Gasteiger charge is 2.04. The molecule has 1 aliphatic heterocycles. The molecule has 4 nitrogen and oxygen atoms in total. The number of Topliss-reactive ketones (excluding diaryl/α,β-unsaturated/α-hetero) is 1. The minimum Gasteiger partial charge on any atom is -0.293 e. The number of nitrogens with zero attached hydrogens (tertiary/aromatic N) is 3. The first kappa shape index (κ1) is 10.0. The second kappa shape index (κ2) is 4.35. The summed E-state index contributed by atoms with van der Waals surface area (Å²) in [6.45, 7) is 3.82. The van der Waals surface area contributed by atoms with E-state index in [0.29, 0.717) is 15.9 Å². The van der Waals surface area contributed by atoms with Gasteiger partial charge >= 0.3 is 0 Å². The van der Waals surface area contributed by atoms with E-state index < -0.39 is 0 Å². The lowest BCUT2D eigenvalue weighted by molar-refractivity contribution is -0.112. The largest absolute Gasteiger partial charge is 0.293 e. The van der Waals surface area contributed by atoms with Crippen molar-refractivity contribution in [1.29, 1.82) is 0 Å². The van der Waals surface area contributed by atoms with E-state index in [1.54, 1.807) is 12.3 Å². The van der Waals surface area contributed by atoms with Crippen LogP contribution < -0.4 is 10.7 Å². The van der Waals surface area contributed by atoms with Crippen LogP contribution in [0.5, 0.6) is 0 Å². The van der Waals surface area contributed by atoms with Gasteiger partial charge in [0.2, 0.25) is 0 Å². The predicted molar refractivity (Wildman–Crippen MR) is 58.1 cm³/mol. The van der Waals surface area contributed by atoms with Gasteiger partial charge in [0.25, 0.3) is 0 Å². The Hall–Kier alpha value is -1.49.